The number of hydrogen-bond acceptors (Lipinski definition) is 4. The average molecular weight is 269 g/mol. The number of aromatic nitrogens is 4. The molecule has 2 saturated carbocycles. The van der Waals surface area contributed by atoms with Crippen LogP contribution in [0.4, 0.5) is 0 Å². The van der Waals surface area contributed by atoms with Crippen molar-refractivity contribution in [3.63, 3.8) is 0 Å². The van der Waals surface area contributed by atoms with E-state index >= 15 is 0 Å². The molecule has 2 fully saturated rings. The van der Waals surface area contributed by atoms with E-state index in [0.717, 1.165) is 36.3 Å². The molecule has 1 aromatic carbocycles. The third-order valence-corrected chi connectivity index (χ3v) is 4.96. The van der Waals surface area contributed by atoms with Gasteiger partial charge >= 0.3 is 0 Å². The van der Waals surface area contributed by atoms with Gasteiger partial charge in [-0.3, -0.25) is 0 Å². The molecule has 2 aromatic rings. The van der Waals surface area contributed by atoms with Crippen molar-refractivity contribution in [2.75, 3.05) is 6.54 Å². The first-order valence-corrected chi connectivity index (χ1v) is 7.32. The van der Waals surface area contributed by atoms with Gasteiger partial charge in [0.15, 0.2) is 5.82 Å². The molecule has 1 aromatic heterocycles. The fourth-order valence-corrected chi connectivity index (χ4v) is 3.81. The maximum atomic E-state index is 6.08. The van der Waals surface area contributed by atoms with Gasteiger partial charge in [0, 0.05) is 6.42 Å². The Balaban J connectivity index is 1.62. The van der Waals surface area contributed by atoms with Crippen LogP contribution in [0.25, 0.3) is 5.69 Å². The molecule has 2 atom stereocenters. The molecule has 2 aliphatic carbocycles. The summed E-state index contributed by atoms with van der Waals surface area (Å²) in [5.74, 6) is 2.77. The highest BCUT2D eigenvalue weighted by atomic mass is 15.5. The molecule has 0 saturated heterocycles. The molecule has 0 spiro atoms. The standard InChI is InChI=1S/C15H19N5/c16-10-15(7-11-6-12(11)8-15)9-14-17-18-19-20(14)13-4-2-1-3-5-13/h1-5,11-12H,6-10,16H2. The summed E-state index contributed by atoms with van der Waals surface area (Å²) < 4.78 is 1.85. The second-order valence-electron chi connectivity index (χ2n) is 6.39. The minimum atomic E-state index is 0.217. The lowest BCUT2D eigenvalue weighted by Gasteiger charge is -2.28. The van der Waals surface area contributed by atoms with Crippen LogP contribution in [0.1, 0.15) is 25.1 Å². The van der Waals surface area contributed by atoms with Gasteiger partial charge in [-0.2, -0.15) is 4.68 Å². The number of fused-ring (bicyclic) bond motifs is 1. The van der Waals surface area contributed by atoms with Crippen molar-refractivity contribution in [3.05, 3.63) is 36.2 Å². The third-order valence-electron chi connectivity index (χ3n) is 4.96. The first-order valence-electron chi connectivity index (χ1n) is 7.32. The molecular formula is C15H19N5. The van der Waals surface area contributed by atoms with Gasteiger partial charge in [-0.1, -0.05) is 18.2 Å². The maximum Gasteiger partial charge on any atom is 0.157 e. The Labute approximate surface area is 118 Å². The quantitative estimate of drug-likeness (QED) is 0.915. The lowest BCUT2D eigenvalue weighted by atomic mass is 9.79. The normalized spacial score (nSPS) is 31.2. The molecule has 0 aliphatic heterocycles. The summed E-state index contributed by atoms with van der Waals surface area (Å²) >= 11 is 0. The molecule has 104 valence electrons. The number of nitrogens with zero attached hydrogens (tertiary/aromatic N) is 4. The molecule has 5 heteroatoms. The van der Waals surface area contributed by atoms with Crippen LogP contribution in [0, 0.1) is 17.3 Å². The summed E-state index contributed by atoms with van der Waals surface area (Å²) in [6.07, 6.45) is 4.79. The predicted octanol–water partition coefficient (Wildman–Crippen LogP) is 1.58. The van der Waals surface area contributed by atoms with Gasteiger partial charge in [-0.25, -0.2) is 0 Å². The Hall–Kier alpha value is -1.75. The monoisotopic (exact) mass is 269 g/mol. The largest absolute Gasteiger partial charge is 0.330 e. The van der Waals surface area contributed by atoms with E-state index in [-0.39, 0.29) is 5.41 Å². The highest BCUT2D eigenvalue weighted by molar-refractivity contribution is 5.30. The highest BCUT2D eigenvalue weighted by Gasteiger charge is 2.53. The lowest BCUT2D eigenvalue weighted by Crippen LogP contribution is -2.32. The number of nitrogens with two attached hydrogens (primary N) is 1. The van der Waals surface area contributed by atoms with Crippen molar-refractivity contribution in [1.82, 2.24) is 20.2 Å². The molecule has 2 N–H and O–H groups in total. The van der Waals surface area contributed by atoms with E-state index in [1.54, 1.807) is 0 Å². The second-order valence-corrected chi connectivity index (χ2v) is 6.39. The first kappa shape index (κ1) is 12.0. The molecular weight excluding hydrogens is 250 g/mol. The Kier molecular flexibility index (Phi) is 2.63. The van der Waals surface area contributed by atoms with Crippen LogP contribution >= 0.6 is 0 Å². The Morgan fingerprint density at radius 1 is 1.20 bits per heavy atom. The summed E-state index contributed by atoms with van der Waals surface area (Å²) in [6.45, 7) is 0.738. The summed E-state index contributed by atoms with van der Waals surface area (Å²) in [6, 6.07) is 10.1. The zero-order valence-corrected chi connectivity index (χ0v) is 11.4. The fourth-order valence-electron chi connectivity index (χ4n) is 3.81. The van der Waals surface area contributed by atoms with Gasteiger partial charge in [0.2, 0.25) is 0 Å². The molecule has 0 amide bonds. The van der Waals surface area contributed by atoms with E-state index in [2.05, 4.69) is 15.5 Å². The van der Waals surface area contributed by atoms with Gasteiger partial charge in [0.1, 0.15) is 0 Å². The van der Waals surface area contributed by atoms with Gasteiger partial charge in [0.25, 0.3) is 0 Å². The van der Waals surface area contributed by atoms with E-state index in [9.17, 15) is 0 Å². The van der Waals surface area contributed by atoms with Crippen molar-refractivity contribution in [3.8, 4) is 5.69 Å². The van der Waals surface area contributed by atoms with E-state index in [1.165, 1.54) is 19.3 Å². The minimum Gasteiger partial charge on any atom is -0.330 e. The van der Waals surface area contributed by atoms with Crippen molar-refractivity contribution >= 4 is 0 Å². The van der Waals surface area contributed by atoms with Crippen LogP contribution in [-0.2, 0) is 6.42 Å². The van der Waals surface area contributed by atoms with Gasteiger partial charge in [-0.15, -0.1) is 5.10 Å². The summed E-state index contributed by atoms with van der Waals surface area (Å²) in [4.78, 5) is 0. The number of hydrogen-bond donors (Lipinski definition) is 1. The second kappa shape index (κ2) is 4.38. The van der Waals surface area contributed by atoms with Crippen molar-refractivity contribution < 1.29 is 0 Å². The zero-order chi connectivity index (χ0) is 13.6. The topological polar surface area (TPSA) is 69.6 Å². The van der Waals surface area contributed by atoms with E-state index in [4.69, 9.17) is 5.73 Å². The third kappa shape index (κ3) is 1.93. The maximum absolute atomic E-state index is 6.08. The fraction of sp³-hybridized carbons (Fsp3) is 0.533. The van der Waals surface area contributed by atoms with Crippen LogP contribution in [0.15, 0.2) is 30.3 Å². The molecule has 5 nitrogen and oxygen atoms in total. The molecule has 20 heavy (non-hydrogen) atoms. The minimum absolute atomic E-state index is 0.217. The predicted molar refractivity (Wildman–Crippen MR) is 75.2 cm³/mol. The Morgan fingerprint density at radius 3 is 2.65 bits per heavy atom. The summed E-state index contributed by atoms with van der Waals surface area (Å²) in [5.41, 5.74) is 7.31. The molecule has 2 unspecified atom stereocenters. The smallest absolute Gasteiger partial charge is 0.157 e. The van der Waals surface area contributed by atoms with Gasteiger partial charge in [-0.05, 0) is 65.6 Å². The van der Waals surface area contributed by atoms with Crippen LogP contribution in [0.5, 0.6) is 0 Å². The van der Waals surface area contributed by atoms with Crippen LogP contribution in [0.2, 0.25) is 0 Å². The van der Waals surface area contributed by atoms with Crippen molar-refractivity contribution in [2.45, 2.75) is 25.7 Å². The Morgan fingerprint density at radius 2 is 1.95 bits per heavy atom. The number of para-hydroxylation sites is 1. The van der Waals surface area contributed by atoms with Crippen molar-refractivity contribution in [1.29, 1.82) is 0 Å². The zero-order valence-electron chi connectivity index (χ0n) is 11.4. The van der Waals surface area contributed by atoms with Crippen LogP contribution in [-0.4, -0.2) is 26.8 Å². The van der Waals surface area contributed by atoms with Gasteiger partial charge in [0.05, 0.1) is 5.69 Å². The number of rotatable bonds is 4. The first-order chi connectivity index (χ1) is 9.80. The number of tetrazole rings is 1. The molecule has 0 bridgehead atoms. The highest BCUT2D eigenvalue weighted by Crippen LogP contribution is 2.60. The van der Waals surface area contributed by atoms with E-state index < -0.39 is 0 Å². The van der Waals surface area contributed by atoms with E-state index in [0.29, 0.717) is 0 Å². The molecule has 1 heterocycles. The van der Waals surface area contributed by atoms with E-state index in [1.807, 2.05) is 35.0 Å². The van der Waals surface area contributed by atoms with Gasteiger partial charge < -0.3 is 5.73 Å². The van der Waals surface area contributed by atoms with Crippen LogP contribution < -0.4 is 5.73 Å². The number of benzene rings is 1. The Bertz CT molecular complexity index is 596. The SMILES string of the molecule is NCC1(Cc2nnnn2-c2ccccc2)CC2CC2C1. The van der Waals surface area contributed by atoms with Crippen molar-refractivity contribution in [2.24, 2.45) is 23.0 Å². The lowest BCUT2D eigenvalue weighted by molar-refractivity contribution is 0.265. The summed E-state index contributed by atoms with van der Waals surface area (Å²) in [7, 11) is 0. The summed E-state index contributed by atoms with van der Waals surface area (Å²) in [5, 5.41) is 12.2. The molecule has 0 radical (unpaired) electrons. The van der Waals surface area contributed by atoms with Crippen LogP contribution in [0.3, 0.4) is 0 Å². The molecule has 4 rings (SSSR count). The average Bonchev–Trinajstić information content (AvgIpc) is 2.90. The molecule has 2 aliphatic rings.